The number of benzene rings is 1. The summed E-state index contributed by atoms with van der Waals surface area (Å²) >= 11 is 7.82. The second-order valence-corrected chi connectivity index (χ2v) is 9.70. The van der Waals surface area contributed by atoms with Gasteiger partial charge in [-0.1, -0.05) is 29.8 Å². The van der Waals surface area contributed by atoms with E-state index in [9.17, 15) is 9.59 Å². The van der Waals surface area contributed by atoms with Crippen molar-refractivity contribution in [3.63, 3.8) is 0 Å². The zero-order valence-corrected chi connectivity index (χ0v) is 16.9. The maximum absolute atomic E-state index is 12.5. The fourth-order valence-electron chi connectivity index (χ4n) is 3.43. The summed E-state index contributed by atoms with van der Waals surface area (Å²) in [5, 5.41) is 7.11. The predicted octanol–water partition coefficient (Wildman–Crippen LogP) is 4.00. The molecule has 0 radical (unpaired) electrons. The minimum absolute atomic E-state index is 0.0366. The molecule has 2 N–H and O–H groups in total. The number of amides is 2. The Morgan fingerprint density at radius 3 is 2.73 bits per heavy atom. The molecule has 0 aromatic heterocycles. The van der Waals surface area contributed by atoms with Crippen LogP contribution in [0.5, 0.6) is 0 Å². The molecule has 2 aliphatic rings. The number of rotatable bonds is 2. The van der Waals surface area contributed by atoms with Crippen molar-refractivity contribution < 1.29 is 9.59 Å². The highest BCUT2D eigenvalue weighted by molar-refractivity contribution is 8.04. The van der Waals surface area contributed by atoms with E-state index in [0.717, 1.165) is 18.4 Å². The van der Waals surface area contributed by atoms with Crippen LogP contribution in [-0.4, -0.2) is 28.6 Å². The average molecular weight is 393 g/mol. The molecule has 1 heterocycles. The van der Waals surface area contributed by atoms with Crippen molar-refractivity contribution in [3.8, 4) is 0 Å². The Kier molecular flexibility index (Phi) is 5.68. The monoisotopic (exact) mass is 392 g/mol. The minimum Gasteiger partial charge on any atom is -0.351 e. The van der Waals surface area contributed by atoms with Gasteiger partial charge in [0, 0.05) is 27.8 Å². The van der Waals surface area contributed by atoms with Crippen LogP contribution in [0, 0.1) is 5.92 Å². The summed E-state index contributed by atoms with van der Waals surface area (Å²) in [4.78, 5) is 25.7. The van der Waals surface area contributed by atoms with Crippen LogP contribution in [0.3, 0.4) is 0 Å². The Bertz CT molecular complexity index is 742. The number of carbonyl (C=O) groups is 2. The maximum atomic E-state index is 12.5. The molecule has 140 valence electrons. The van der Waals surface area contributed by atoms with Crippen molar-refractivity contribution in [2.24, 2.45) is 5.92 Å². The number of halogens is 1. The minimum atomic E-state index is -0.233. The molecular formula is C20H25ClN2O2S. The number of thioether (sulfide) groups is 1. The zero-order valence-electron chi connectivity index (χ0n) is 15.3. The van der Waals surface area contributed by atoms with Gasteiger partial charge in [-0.3, -0.25) is 9.59 Å². The molecule has 0 spiro atoms. The van der Waals surface area contributed by atoms with Crippen molar-refractivity contribution in [1.29, 1.82) is 0 Å². The Morgan fingerprint density at radius 2 is 2.04 bits per heavy atom. The fourth-order valence-corrected chi connectivity index (χ4v) is 4.91. The maximum Gasteiger partial charge on any atom is 0.257 e. The molecule has 3 rings (SSSR count). The molecule has 1 aliphatic carbocycles. The lowest BCUT2D eigenvalue weighted by atomic mass is 9.84. The first-order chi connectivity index (χ1) is 12.2. The Morgan fingerprint density at radius 1 is 1.31 bits per heavy atom. The van der Waals surface area contributed by atoms with Crippen molar-refractivity contribution >= 4 is 41.3 Å². The van der Waals surface area contributed by atoms with Crippen LogP contribution in [0.1, 0.15) is 45.6 Å². The number of nitrogens with one attached hydrogen (secondary N) is 2. The van der Waals surface area contributed by atoms with Crippen molar-refractivity contribution in [2.75, 3.05) is 0 Å². The first kappa shape index (κ1) is 19.3. The molecule has 26 heavy (non-hydrogen) atoms. The van der Waals surface area contributed by atoms with Gasteiger partial charge in [0.2, 0.25) is 5.91 Å². The highest BCUT2D eigenvalue weighted by Gasteiger charge is 2.40. The molecule has 1 aliphatic heterocycles. The molecule has 6 heteroatoms. The Hall–Kier alpha value is -1.46. The average Bonchev–Trinajstić information content (AvgIpc) is 2.55. The smallest absolute Gasteiger partial charge is 0.257 e. The van der Waals surface area contributed by atoms with Gasteiger partial charge in [-0.25, -0.2) is 0 Å². The van der Waals surface area contributed by atoms with E-state index < -0.39 is 0 Å². The van der Waals surface area contributed by atoms with Gasteiger partial charge in [0.05, 0.1) is 4.91 Å². The van der Waals surface area contributed by atoms with Crippen molar-refractivity contribution in [2.45, 2.75) is 56.9 Å². The molecule has 0 bridgehead atoms. The highest BCUT2D eigenvalue weighted by Crippen LogP contribution is 2.40. The number of hydrogen-bond acceptors (Lipinski definition) is 3. The summed E-state index contributed by atoms with van der Waals surface area (Å²) in [5.74, 6) is -0.0221. The summed E-state index contributed by atoms with van der Waals surface area (Å²) in [6.07, 6.45) is 4.32. The third kappa shape index (κ3) is 4.63. The molecule has 1 saturated heterocycles. The number of hydrogen-bond donors (Lipinski definition) is 2. The van der Waals surface area contributed by atoms with Crippen molar-refractivity contribution in [3.05, 3.63) is 39.8 Å². The van der Waals surface area contributed by atoms with Crippen LogP contribution in [0.25, 0.3) is 6.08 Å². The molecule has 1 aromatic rings. The summed E-state index contributed by atoms with van der Waals surface area (Å²) in [6, 6.07) is 7.55. The second kappa shape index (κ2) is 7.65. The molecule has 4 nitrogen and oxygen atoms in total. The third-order valence-electron chi connectivity index (χ3n) is 4.67. The summed E-state index contributed by atoms with van der Waals surface area (Å²) in [7, 11) is 0. The van der Waals surface area contributed by atoms with Crippen LogP contribution >= 0.6 is 23.4 Å². The van der Waals surface area contributed by atoms with Gasteiger partial charge < -0.3 is 10.6 Å². The number of fused-ring (bicyclic) bond motifs is 1. The van der Waals surface area contributed by atoms with E-state index in [1.807, 2.05) is 51.1 Å². The summed E-state index contributed by atoms with van der Waals surface area (Å²) in [6.45, 7) is 5.96. The molecule has 2 fully saturated rings. The van der Waals surface area contributed by atoms with Gasteiger partial charge in [0.15, 0.2) is 0 Å². The standard InChI is InChI=1S/C20H25ClN2O2S/c1-20(2,3)23-18(24)13-8-9-16-15(10-13)22-19(25)17(26-16)11-12-6-4-5-7-14(12)21/h4-7,11,13,15-16H,8-10H2,1-3H3,(H,22,25)(H,23,24)/b17-11+. The molecule has 2 amide bonds. The van der Waals surface area contributed by atoms with Gasteiger partial charge in [-0.2, -0.15) is 0 Å². The van der Waals surface area contributed by atoms with Gasteiger partial charge in [0.25, 0.3) is 5.91 Å². The Balaban J connectivity index is 1.68. The van der Waals surface area contributed by atoms with E-state index in [2.05, 4.69) is 10.6 Å². The van der Waals surface area contributed by atoms with E-state index in [-0.39, 0.29) is 29.3 Å². The van der Waals surface area contributed by atoms with Crippen LogP contribution < -0.4 is 10.6 Å². The lowest BCUT2D eigenvalue weighted by Crippen LogP contribution is -2.53. The normalized spacial score (nSPS) is 27.6. The molecule has 3 unspecified atom stereocenters. The fraction of sp³-hybridized carbons (Fsp3) is 0.500. The first-order valence-corrected chi connectivity index (χ1v) is 10.2. The quantitative estimate of drug-likeness (QED) is 0.748. The Labute approximate surface area is 164 Å². The largest absolute Gasteiger partial charge is 0.351 e. The van der Waals surface area contributed by atoms with E-state index >= 15 is 0 Å². The van der Waals surface area contributed by atoms with E-state index in [4.69, 9.17) is 11.6 Å². The summed E-state index contributed by atoms with van der Waals surface area (Å²) < 4.78 is 0. The third-order valence-corrected chi connectivity index (χ3v) is 6.43. The molecule has 3 atom stereocenters. The van der Waals surface area contributed by atoms with Gasteiger partial charge in [0.1, 0.15) is 0 Å². The number of carbonyl (C=O) groups excluding carboxylic acids is 2. The second-order valence-electron chi connectivity index (χ2n) is 8.02. The van der Waals surface area contributed by atoms with Crippen LogP contribution in [0.2, 0.25) is 5.02 Å². The van der Waals surface area contributed by atoms with Crippen LogP contribution in [0.15, 0.2) is 29.2 Å². The first-order valence-electron chi connectivity index (χ1n) is 8.99. The summed E-state index contributed by atoms with van der Waals surface area (Å²) in [5.41, 5.74) is 0.618. The van der Waals surface area contributed by atoms with Crippen LogP contribution in [0.4, 0.5) is 0 Å². The van der Waals surface area contributed by atoms with Crippen molar-refractivity contribution in [1.82, 2.24) is 10.6 Å². The molecule has 1 aromatic carbocycles. The molecular weight excluding hydrogens is 368 g/mol. The lowest BCUT2D eigenvalue weighted by Gasteiger charge is -2.39. The van der Waals surface area contributed by atoms with Crippen LogP contribution in [-0.2, 0) is 9.59 Å². The van der Waals surface area contributed by atoms with Gasteiger partial charge in [-0.05, 0) is 57.7 Å². The van der Waals surface area contributed by atoms with E-state index in [1.54, 1.807) is 11.8 Å². The SMILES string of the molecule is CC(C)(C)NC(=O)C1CCC2S/C(=C/c3ccccc3Cl)C(=O)NC2C1. The molecule has 1 saturated carbocycles. The highest BCUT2D eigenvalue weighted by atomic mass is 35.5. The predicted molar refractivity (Wildman–Crippen MR) is 108 cm³/mol. The van der Waals surface area contributed by atoms with E-state index in [1.165, 1.54) is 0 Å². The van der Waals surface area contributed by atoms with Gasteiger partial charge >= 0.3 is 0 Å². The zero-order chi connectivity index (χ0) is 18.9. The lowest BCUT2D eigenvalue weighted by molar-refractivity contribution is -0.128. The topological polar surface area (TPSA) is 58.2 Å². The van der Waals surface area contributed by atoms with Gasteiger partial charge in [-0.15, -0.1) is 11.8 Å². The van der Waals surface area contributed by atoms with E-state index in [0.29, 0.717) is 21.6 Å².